The largest absolute Gasteiger partial charge is 0.457 e. The van der Waals surface area contributed by atoms with E-state index < -0.39 is 43.3 Å². The highest BCUT2D eigenvalue weighted by molar-refractivity contribution is 7.90. The number of para-hydroxylation sites is 1. The lowest BCUT2D eigenvalue weighted by Gasteiger charge is -2.26. The second-order valence-corrected chi connectivity index (χ2v) is 12.3. The fraction of sp³-hybridized carbons (Fsp3) is 0.458. The SMILES string of the molecule is O=C(NCCN1CCOCC1)C(CCS(=O)(=O)Cc1cccc(Oc2ccccc2)c1)CS(=O)(=O)O. The zero-order valence-corrected chi connectivity index (χ0v) is 21.5. The van der Waals surface area contributed by atoms with Crippen LogP contribution in [0.2, 0.25) is 0 Å². The summed E-state index contributed by atoms with van der Waals surface area (Å²) in [6.07, 6.45) is -0.230. The van der Waals surface area contributed by atoms with Gasteiger partial charge >= 0.3 is 0 Å². The van der Waals surface area contributed by atoms with Gasteiger partial charge in [-0.05, 0) is 36.2 Å². The molecule has 2 aromatic carbocycles. The number of hydrogen-bond acceptors (Lipinski definition) is 8. The summed E-state index contributed by atoms with van der Waals surface area (Å²) in [5, 5.41) is 2.66. The number of nitrogens with zero attached hydrogens (tertiary/aromatic N) is 1. The maximum Gasteiger partial charge on any atom is 0.265 e. The van der Waals surface area contributed by atoms with Crippen molar-refractivity contribution in [2.24, 2.45) is 5.92 Å². The number of carbonyl (C=O) groups excluding carboxylic acids is 1. The van der Waals surface area contributed by atoms with E-state index in [4.69, 9.17) is 9.47 Å². The molecule has 0 spiro atoms. The number of benzene rings is 2. The summed E-state index contributed by atoms with van der Waals surface area (Å²) < 4.78 is 68.8. The van der Waals surface area contributed by atoms with E-state index in [2.05, 4.69) is 10.2 Å². The first-order chi connectivity index (χ1) is 17.1. The van der Waals surface area contributed by atoms with Gasteiger partial charge < -0.3 is 14.8 Å². The molecule has 12 heteroatoms. The van der Waals surface area contributed by atoms with Gasteiger partial charge in [-0.1, -0.05) is 30.3 Å². The van der Waals surface area contributed by atoms with Crippen molar-refractivity contribution in [3.63, 3.8) is 0 Å². The van der Waals surface area contributed by atoms with E-state index in [-0.39, 0.29) is 18.7 Å². The Morgan fingerprint density at radius 1 is 1.03 bits per heavy atom. The number of nitrogens with one attached hydrogen (secondary N) is 1. The van der Waals surface area contributed by atoms with Crippen molar-refractivity contribution in [3.8, 4) is 11.5 Å². The van der Waals surface area contributed by atoms with E-state index in [1.807, 2.05) is 18.2 Å². The van der Waals surface area contributed by atoms with Crippen LogP contribution in [0.1, 0.15) is 12.0 Å². The van der Waals surface area contributed by atoms with Gasteiger partial charge in [-0.15, -0.1) is 0 Å². The van der Waals surface area contributed by atoms with Gasteiger partial charge in [0.2, 0.25) is 5.91 Å². The summed E-state index contributed by atoms with van der Waals surface area (Å²) in [6.45, 7) is 3.53. The van der Waals surface area contributed by atoms with Gasteiger partial charge in [-0.2, -0.15) is 8.42 Å². The zero-order valence-electron chi connectivity index (χ0n) is 19.9. The van der Waals surface area contributed by atoms with Crippen LogP contribution in [0.5, 0.6) is 11.5 Å². The smallest absolute Gasteiger partial charge is 0.265 e. The summed E-state index contributed by atoms with van der Waals surface area (Å²) >= 11 is 0. The third-order valence-electron chi connectivity index (χ3n) is 5.65. The molecule has 1 atom stereocenters. The monoisotopic (exact) mass is 540 g/mol. The van der Waals surface area contributed by atoms with Gasteiger partial charge in [-0.3, -0.25) is 14.2 Å². The Bertz CT molecular complexity index is 1200. The standard InChI is InChI=1S/C24H32N2O8S2/c27-24(25-10-11-26-12-14-33-15-13-26)21(19-36(30,31)32)9-16-35(28,29)18-20-5-4-8-23(17-20)34-22-6-2-1-3-7-22/h1-8,17,21H,9-16,18-19H2,(H,25,27)(H,30,31,32). The summed E-state index contributed by atoms with van der Waals surface area (Å²) in [5.41, 5.74) is 0.504. The number of ether oxygens (including phenoxy) is 2. The molecule has 1 unspecified atom stereocenters. The maximum atomic E-state index is 12.8. The van der Waals surface area contributed by atoms with Crippen LogP contribution in [0.3, 0.4) is 0 Å². The summed E-state index contributed by atoms with van der Waals surface area (Å²) in [7, 11) is -8.16. The van der Waals surface area contributed by atoms with E-state index in [0.717, 1.165) is 13.1 Å². The second-order valence-electron chi connectivity index (χ2n) is 8.63. The van der Waals surface area contributed by atoms with Gasteiger partial charge in [0.15, 0.2) is 9.84 Å². The second kappa shape index (κ2) is 13.2. The van der Waals surface area contributed by atoms with Crippen LogP contribution in [0.15, 0.2) is 54.6 Å². The summed E-state index contributed by atoms with van der Waals surface area (Å²) in [5.74, 6) is -2.24. The average molecular weight is 541 g/mol. The Labute approximate surface area is 212 Å². The summed E-state index contributed by atoms with van der Waals surface area (Å²) in [6, 6.07) is 15.8. The van der Waals surface area contributed by atoms with Gasteiger partial charge in [0.05, 0.1) is 36.4 Å². The Balaban J connectivity index is 1.56. The number of hydrogen-bond donors (Lipinski definition) is 2. The Kier molecular flexibility index (Phi) is 10.3. The van der Waals surface area contributed by atoms with Gasteiger partial charge in [0.25, 0.3) is 10.1 Å². The molecule has 1 aliphatic heterocycles. The molecular weight excluding hydrogens is 508 g/mol. The molecule has 3 rings (SSSR count). The van der Waals surface area contributed by atoms with E-state index in [1.54, 1.807) is 36.4 Å². The highest BCUT2D eigenvalue weighted by Gasteiger charge is 2.27. The minimum atomic E-state index is -4.47. The number of morpholine rings is 1. The van der Waals surface area contributed by atoms with Crippen LogP contribution < -0.4 is 10.1 Å². The molecule has 1 saturated heterocycles. The Morgan fingerprint density at radius 3 is 2.42 bits per heavy atom. The Hall–Kier alpha value is -2.51. The molecule has 0 bridgehead atoms. The molecule has 0 radical (unpaired) electrons. The molecule has 36 heavy (non-hydrogen) atoms. The van der Waals surface area contributed by atoms with Crippen molar-refractivity contribution in [2.75, 3.05) is 50.9 Å². The van der Waals surface area contributed by atoms with Crippen LogP contribution in [-0.4, -0.2) is 83.1 Å². The van der Waals surface area contributed by atoms with Crippen molar-refractivity contribution in [1.82, 2.24) is 10.2 Å². The minimum Gasteiger partial charge on any atom is -0.457 e. The first kappa shape index (κ1) is 28.1. The quantitative estimate of drug-likeness (QED) is 0.364. The van der Waals surface area contributed by atoms with Crippen molar-refractivity contribution in [3.05, 3.63) is 60.2 Å². The Morgan fingerprint density at radius 2 is 1.72 bits per heavy atom. The van der Waals surface area contributed by atoms with Crippen LogP contribution in [0.4, 0.5) is 0 Å². The van der Waals surface area contributed by atoms with Crippen LogP contribution >= 0.6 is 0 Å². The molecule has 0 aliphatic carbocycles. The van der Waals surface area contributed by atoms with Crippen LogP contribution in [0, 0.1) is 5.92 Å². The highest BCUT2D eigenvalue weighted by Crippen LogP contribution is 2.23. The van der Waals surface area contributed by atoms with Crippen LogP contribution in [-0.2, 0) is 35.2 Å². The molecule has 1 heterocycles. The molecular formula is C24H32N2O8S2. The van der Waals surface area contributed by atoms with Crippen molar-refractivity contribution in [1.29, 1.82) is 0 Å². The maximum absolute atomic E-state index is 12.8. The molecule has 2 aromatic rings. The number of amides is 1. The van der Waals surface area contributed by atoms with E-state index in [9.17, 15) is 26.2 Å². The number of rotatable bonds is 13. The third kappa shape index (κ3) is 10.2. The van der Waals surface area contributed by atoms with Crippen molar-refractivity contribution in [2.45, 2.75) is 12.2 Å². The van der Waals surface area contributed by atoms with Crippen LogP contribution in [0.25, 0.3) is 0 Å². The van der Waals surface area contributed by atoms with Gasteiger partial charge in [-0.25, -0.2) is 8.42 Å². The van der Waals surface area contributed by atoms with Gasteiger partial charge in [0.1, 0.15) is 11.5 Å². The first-order valence-corrected chi connectivity index (χ1v) is 15.1. The fourth-order valence-electron chi connectivity index (χ4n) is 3.82. The third-order valence-corrected chi connectivity index (χ3v) is 8.11. The number of sulfone groups is 1. The molecule has 0 saturated carbocycles. The molecule has 1 amide bonds. The fourth-order valence-corrected chi connectivity index (χ4v) is 6.12. The normalized spacial score (nSPS) is 15.8. The molecule has 10 nitrogen and oxygen atoms in total. The summed E-state index contributed by atoms with van der Waals surface area (Å²) in [4.78, 5) is 14.7. The van der Waals surface area contributed by atoms with E-state index in [0.29, 0.717) is 36.8 Å². The lowest BCUT2D eigenvalue weighted by atomic mass is 10.1. The molecule has 0 aromatic heterocycles. The lowest BCUT2D eigenvalue weighted by molar-refractivity contribution is -0.124. The molecule has 198 valence electrons. The molecule has 1 fully saturated rings. The van der Waals surface area contributed by atoms with Gasteiger partial charge in [0, 0.05) is 26.2 Å². The predicted octanol–water partition coefficient (Wildman–Crippen LogP) is 1.74. The minimum absolute atomic E-state index is 0.230. The van der Waals surface area contributed by atoms with Crippen molar-refractivity contribution < 1.29 is 35.7 Å². The predicted molar refractivity (Wildman–Crippen MR) is 135 cm³/mol. The first-order valence-electron chi connectivity index (χ1n) is 11.6. The topological polar surface area (TPSA) is 139 Å². The van der Waals surface area contributed by atoms with Crippen molar-refractivity contribution >= 4 is 25.9 Å². The zero-order chi connectivity index (χ0) is 26.0. The average Bonchev–Trinajstić information content (AvgIpc) is 2.82. The van der Waals surface area contributed by atoms with E-state index in [1.165, 1.54) is 0 Å². The lowest BCUT2D eigenvalue weighted by Crippen LogP contribution is -2.43. The molecule has 2 N–H and O–H groups in total. The highest BCUT2D eigenvalue weighted by atomic mass is 32.2. The number of carbonyl (C=O) groups is 1. The molecule has 1 aliphatic rings. The van der Waals surface area contributed by atoms with E-state index >= 15 is 0 Å².